The maximum atomic E-state index is 12.7. The lowest BCUT2D eigenvalue weighted by Gasteiger charge is -2.20. The predicted octanol–water partition coefficient (Wildman–Crippen LogP) is 2.35. The van der Waals surface area contributed by atoms with E-state index in [-0.39, 0.29) is 17.9 Å². The van der Waals surface area contributed by atoms with Gasteiger partial charge in [-0.05, 0) is 25.3 Å². The van der Waals surface area contributed by atoms with E-state index in [4.69, 9.17) is 0 Å². The van der Waals surface area contributed by atoms with Crippen LogP contribution in [0.1, 0.15) is 44.2 Å². The molecule has 7 heteroatoms. The summed E-state index contributed by atoms with van der Waals surface area (Å²) in [7, 11) is -3.38. The number of carbonyl (C=O) groups is 2. The third-order valence-corrected chi connectivity index (χ3v) is 6.08. The van der Waals surface area contributed by atoms with Crippen molar-refractivity contribution >= 4 is 21.7 Å². The van der Waals surface area contributed by atoms with Crippen molar-refractivity contribution in [1.29, 1.82) is 0 Å². The van der Waals surface area contributed by atoms with E-state index in [9.17, 15) is 23.1 Å². The van der Waals surface area contributed by atoms with Gasteiger partial charge >= 0.3 is 5.97 Å². The van der Waals surface area contributed by atoms with Crippen molar-refractivity contribution in [2.24, 2.45) is 5.92 Å². The summed E-state index contributed by atoms with van der Waals surface area (Å²) in [6, 6.07) is 6.54. The number of aliphatic carboxylic acids is 1. The molecule has 0 aliphatic carbocycles. The summed E-state index contributed by atoms with van der Waals surface area (Å²) in [6.07, 6.45) is 2.08. The van der Waals surface area contributed by atoms with E-state index < -0.39 is 33.7 Å². The number of carboxylic acids is 1. The van der Waals surface area contributed by atoms with E-state index in [0.717, 1.165) is 17.5 Å². The lowest BCUT2D eigenvalue weighted by molar-refractivity contribution is -0.142. The standard InChI is InChI=1S/C19H29NO5S/c1-4-6-10-17(19(22)23)20-18(21)16(13-26(24,25)5-2)12-15-9-7-8-14(3)11-15/h7-9,11,16-17H,4-6,10,12-13H2,1-3H3,(H,20,21)(H,22,23)/t16-,17+/m1/s1. The molecule has 6 nitrogen and oxygen atoms in total. The van der Waals surface area contributed by atoms with Crippen LogP contribution >= 0.6 is 0 Å². The lowest BCUT2D eigenvalue weighted by atomic mass is 9.98. The number of aryl methyl sites for hydroxylation is 1. The molecule has 26 heavy (non-hydrogen) atoms. The Balaban J connectivity index is 2.98. The topological polar surface area (TPSA) is 101 Å². The maximum absolute atomic E-state index is 12.7. The van der Waals surface area contributed by atoms with E-state index in [2.05, 4.69) is 5.32 Å². The fourth-order valence-electron chi connectivity index (χ4n) is 2.73. The first-order valence-electron chi connectivity index (χ1n) is 8.97. The van der Waals surface area contributed by atoms with Crippen molar-refractivity contribution in [3.05, 3.63) is 35.4 Å². The molecule has 0 saturated heterocycles. The predicted molar refractivity (Wildman–Crippen MR) is 102 cm³/mol. The van der Waals surface area contributed by atoms with Gasteiger partial charge in [-0.3, -0.25) is 4.79 Å². The van der Waals surface area contributed by atoms with Crippen LogP contribution in [0.25, 0.3) is 0 Å². The van der Waals surface area contributed by atoms with Gasteiger partial charge in [0.1, 0.15) is 6.04 Å². The van der Waals surface area contributed by atoms with Gasteiger partial charge in [0.2, 0.25) is 5.91 Å². The van der Waals surface area contributed by atoms with Gasteiger partial charge in [0, 0.05) is 5.75 Å². The zero-order chi connectivity index (χ0) is 19.7. The molecule has 0 aromatic heterocycles. The van der Waals surface area contributed by atoms with Crippen LogP contribution in [0, 0.1) is 12.8 Å². The molecule has 0 fully saturated rings. The Bertz CT molecular complexity index is 714. The summed E-state index contributed by atoms with van der Waals surface area (Å²) in [5, 5.41) is 11.8. The Labute approximate surface area is 155 Å². The largest absolute Gasteiger partial charge is 0.480 e. The minimum absolute atomic E-state index is 0.0528. The van der Waals surface area contributed by atoms with Crippen LogP contribution < -0.4 is 5.32 Å². The van der Waals surface area contributed by atoms with Crippen LogP contribution in [0.3, 0.4) is 0 Å². The molecule has 0 unspecified atom stereocenters. The van der Waals surface area contributed by atoms with Crippen molar-refractivity contribution in [3.8, 4) is 0 Å². The first-order chi connectivity index (χ1) is 12.2. The van der Waals surface area contributed by atoms with Crippen LogP contribution in [0.4, 0.5) is 0 Å². The SMILES string of the molecule is CCCC[C@H](NC(=O)[C@H](Cc1cccc(C)c1)CS(=O)(=O)CC)C(=O)O. The molecule has 0 heterocycles. The fraction of sp³-hybridized carbons (Fsp3) is 0.579. The number of amides is 1. The second-order valence-electron chi connectivity index (χ2n) is 6.63. The summed E-state index contributed by atoms with van der Waals surface area (Å²) in [5.74, 6) is -2.77. The molecule has 0 saturated carbocycles. The highest BCUT2D eigenvalue weighted by atomic mass is 32.2. The van der Waals surface area contributed by atoms with E-state index >= 15 is 0 Å². The number of rotatable bonds is 11. The molecule has 1 rings (SSSR count). The molecule has 2 atom stereocenters. The van der Waals surface area contributed by atoms with E-state index in [1.807, 2.05) is 38.1 Å². The van der Waals surface area contributed by atoms with Crippen LogP contribution in [0.5, 0.6) is 0 Å². The average molecular weight is 384 g/mol. The molecule has 0 aliphatic heterocycles. The Morgan fingerprint density at radius 1 is 1.23 bits per heavy atom. The van der Waals surface area contributed by atoms with E-state index in [1.165, 1.54) is 6.92 Å². The smallest absolute Gasteiger partial charge is 0.326 e. The minimum Gasteiger partial charge on any atom is -0.480 e. The quantitative estimate of drug-likeness (QED) is 0.611. The first kappa shape index (κ1) is 22.2. The maximum Gasteiger partial charge on any atom is 0.326 e. The number of unbranched alkanes of at least 4 members (excludes halogenated alkanes) is 1. The summed E-state index contributed by atoms with van der Waals surface area (Å²) in [6.45, 7) is 5.40. The third kappa shape index (κ3) is 7.56. The number of hydrogen-bond acceptors (Lipinski definition) is 4. The van der Waals surface area contributed by atoms with Crippen LogP contribution in [0.2, 0.25) is 0 Å². The van der Waals surface area contributed by atoms with Gasteiger partial charge < -0.3 is 10.4 Å². The zero-order valence-electron chi connectivity index (χ0n) is 15.7. The monoisotopic (exact) mass is 383 g/mol. The Hall–Kier alpha value is -1.89. The summed E-state index contributed by atoms with van der Waals surface area (Å²) < 4.78 is 24.1. The fourth-order valence-corrected chi connectivity index (χ4v) is 3.85. The second kappa shape index (κ2) is 10.3. The molecule has 0 aliphatic rings. The number of hydrogen-bond donors (Lipinski definition) is 2. The highest BCUT2D eigenvalue weighted by molar-refractivity contribution is 7.91. The zero-order valence-corrected chi connectivity index (χ0v) is 16.5. The Morgan fingerprint density at radius 3 is 2.46 bits per heavy atom. The van der Waals surface area contributed by atoms with Gasteiger partial charge in [0.05, 0.1) is 11.7 Å². The van der Waals surface area contributed by atoms with Crippen LogP contribution in [-0.4, -0.2) is 42.9 Å². The van der Waals surface area contributed by atoms with Gasteiger partial charge in [0.25, 0.3) is 0 Å². The highest BCUT2D eigenvalue weighted by Crippen LogP contribution is 2.15. The van der Waals surface area contributed by atoms with Crippen molar-refractivity contribution in [2.45, 2.75) is 52.5 Å². The van der Waals surface area contributed by atoms with Crippen LogP contribution in [0.15, 0.2) is 24.3 Å². The molecule has 1 aromatic carbocycles. The summed E-state index contributed by atoms with van der Waals surface area (Å²) >= 11 is 0. The minimum atomic E-state index is -3.38. The lowest BCUT2D eigenvalue weighted by Crippen LogP contribution is -2.45. The molecular formula is C19H29NO5S. The molecule has 1 aromatic rings. The molecule has 0 spiro atoms. The van der Waals surface area contributed by atoms with E-state index in [1.54, 1.807) is 0 Å². The molecule has 1 amide bonds. The van der Waals surface area contributed by atoms with Gasteiger partial charge in [0.15, 0.2) is 9.84 Å². The van der Waals surface area contributed by atoms with Gasteiger partial charge in [-0.1, -0.05) is 56.5 Å². The molecule has 0 bridgehead atoms. The number of nitrogens with one attached hydrogen (secondary N) is 1. The van der Waals surface area contributed by atoms with Gasteiger partial charge in [-0.25, -0.2) is 13.2 Å². The average Bonchev–Trinajstić information content (AvgIpc) is 2.57. The summed E-state index contributed by atoms with van der Waals surface area (Å²) in [4.78, 5) is 24.0. The molecule has 2 N–H and O–H groups in total. The van der Waals surface area contributed by atoms with E-state index in [0.29, 0.717) is 12.8 Å². The van der Waals surface area contributed by atoms with Gasteiger partial charge in [-0.15, -0.1) is 0 Å². The number of carbonyl (C=O) groups excluding carboxylic acids is 1. The van der Waals surface area contributed by atoms with Crippen molar-refractivity contribution < 1.29 is 23.1 Å². The third-order valence-electron chi connectivity index (χ3n) is 4.29. The molecular weight excluding hydrogens is 354 g/mol. The highest BCUT2D eigenvalue weighted by Gasteiger charge is 2.28. The van der Waals surface area contributed by atoms with Crippen LogP contribution in [-0.2, 0) is 25.8 Å². The first-order valence-corrected chi connectivity index (χ1v) is 10.8. The number of carboxylic acid groups (broad SMARTS) is 1. The van der Waals surface area contributed by atoms with Crippen molar-refractivity contribution in [2.75, 3.05) is 11.5 Å². The van der Waals surface area contributed by atoms with Crippen molar-refractivity contribution in [3.63, 3.8) is 0 Å². The Kier molecular flexibility index (Phi) is 8.78. The normalized spacial score (nSPS) is 13.8. The molecule has 0 radical (unpaired) electrons. The van der Waals surface area contributed by atoms with Gasteiger partial charge in [-0.2, -0.15) is 0 Å². The Morgan fingerprint density at radius 2 is 1.92 bits per heavy atom. The summed E-state index contributed by atoms with van der Waals surface area (Å²) in [5.41, 5.74) is 1.88. The number of benzene rings is 1. The second-order valence-corrected chi connectivity index (χ2v) is 9.03. The molecule has 146 valence electrons. The van der Waals surface area contributed by atoms with Crippen molar-refractivity contribution in [1.82, 2.24) is 5.32 Å². The number of sulfone groups is 1.